The average molecular weight is 327 g/mol. The van der Waals surface area contributed by atoms with Crippen molar-refractivity contribution in [3.63, 3.8) is 0 Å². The standard InChI is InChI=1S/C12H13N3O4S2/c1-8-13-14-12(20-8)21(18,19)15-10(11(16)17)7-9-5-3-2-4-6-9/h2-6,10,15H,7H2,1H3,(H,16,17)/t10-/m0/s1. The monoisotopic (exact) mass is 327 g/mol. The van der Waals surface area contributed by atoms with Crippen molar-refractivity contribution >= 4 is 27.3 Å². The van der Waals surface area contributed by atoms with Crippen molar-refractivity contribution in [2.75, 3.05) is 0 Å². The predicted molar refractivity (Wildman–Crippen MR) is 76.5 cm³/mol. The lowest BCUT2D eigenvalue weighted by molar-refractivity contribution is -0.138. The van der Waals surface area contributed by atoms with Crippen molar-refractivity contribution in [1.82, 2.24) is 14.9 Å². The van der Waals surface area contributed by atoms with Gasteiger partial charge in [-0.05, 0) is 18.9 Å². The Morgan fingerprint density at radius 1 is 1.33 bits per heavy atom. The topological polar surface area (TPSA) is 109 Å². The van der Waals surface area contributed by atoms with Crippen molar-refractivity contribution in [1.29, 1.82) is 0 Å². The van der Waals surface area contributed by atoms with Gasteiger partial charge in [-0.2, -0.15) is 4.72 Å². The summed E-state index contributed by atoms with van der Waals surface area (Å²) in [6.45, 7) is 1.62. The third-order valence-corrected chi connectivity index (χ3v) is 5.29. The summed E-state index contributed by atoms with van der Waals surface area (Å²) in [5.41, 5.74) is 0.723. The zero-order valence-electron chi connectivity index (χ0n) is 11.1. The highest BCUT2D eigenvalue weighted by Gasteiger charge is 2.28. The van der Waals surface area contributed by atoms with Gasteiger partial charge in [0, 0.05) is 0 Å². The number of nitrogens with zero attached hydrogens (tertiary/aromatic N) is 2. The van der Waals surface area contributed by atoms with Crippen molar-refractivity contribution < 1.29 is 18.3 Å². The van der Waals surface area contributed by atoms with Gasteiger partial charge in [-0.25, -0.2) is 8.42 Å². The van der Waals surface area contributed by atoms with Crippen molar-refractivity contribution in [3.8, 4) is 0 Å². The molecule has 0 bridgehead atoms. The molecule has 0 radical (unpaired) electrons. The van der Waals surface area contributed by atoms with Crippen LogP contribution >= 0.6 is 11.3 Å². The number of hydrogen-bond donors (Lipinski definition) is 2. The Labute approximate surface area is 125 Å². The number of carboxylic acids is 1. The molecule has 2 N–H and O–H groups in total. The molecule has 1 aromatic heterocycles. The van der Waals surface area contributed by atoms with Crippen LogP contribution in [0, 0.1) is 6.92 Å². The lowest BCUT2D eigenvalue weighted by Gasteiger charge is -2.13. The zero-order chi connectivity index (χ0) is 15.5. The number of sulfonamides is 1. The molecule has 0 amide bonds. The minimum absolute atomic E-state index is 0.0488. The molecule has 0 fully saturated rings. The molecule has 2 rings (SSSR count). The SMILES string of the molecule is Cc1nnc(S(=O)(=O)N[C@@H](Cc2ccccc2)C(=O)O)s1. The second-order valence-electron chi connectivity index (χ2n) is 4.29. The zero-order valence-corrected chi connectivity index (χ0v) is 12.7. The molecule has 0 unspecified atom stereocenters. The van der Waals surface area contributed by atoms with Crippen LogP contribution in [0.25, 0.3) is 0 Å². The van der Waals surface area contributed by atoms with E-state index in [0.29, 0.717) is 5.01 Å². The van der Waals surface area contributed by atoms with Gasteiger partial charge in [-0.3, -0.25) is 4.79 Å². The molecule has 9 heteroatoms. The van der Waals surface area contributed by atoms with Crippen LogP contribution in [0.2, 0.25) is 0 Å². The average Bonchev–Trinajstić information content (AvgIpc) is 2.86. The maximum absolute atomic E-state index is 12.1. The number of carbonyl (C=O) groups is 1. The van der Waals surface area contributed by atoms with E-state index in [-0.39, 0.29) is 10.8 Å². The molecular weight excluding hydrogens is 314 g/mol. The fourth-order valence-corrected chi connectivity index (χ4v) is 3.82. The molecule has 0 aliphatic heterocycles. The number of hydrogen-bond acceptors (Lipinski definition) is 6. The van der Waals surface area contributed by atoms with E-state index >= 15 is 0 Å². The maximum Gasteiger partial charge on any atom is 0.322 e. The van der Waals surface area contributed by atoms with E-state index in [0.717, 1.165) is 16.9 Å². The number of aryl methyl sites for hydroxylation is 1. The molecule has 1 atom stereocenters. The summed E-state index contributed by atoms with van der Waals surface area (Å²) in [6, 6.07) is 7.53. The summed E-state index contributed by atoms with van der Waals surface area (Å²) in [5.74, 6) is -1.25. The van der Waals surface area contributed by atoms with E-state index < -0.39 is 22.0 Å². The van der Waals surface area contributed by atoms with Crippen LogP contribution in [0.4, 0.5) is 0 Å². The first-order valence-corrected chi connectivity index (χ1v) is 8.27. The van der Waals surface area contributed by atoms with Crippen LogP contribution < -0.4 is 4.72 Å². The smallest absolute Gasteiger partial charge is 0.322 e. The first-order chi connectivity index (χ1) is 9.88. The number of aliphatic carboxylic acids is 1. The number of aromatic nitrogens is 2. The van der Waals surface area contributed by atoms with E-state index in [1.807, 2.05) is 0 Å². The fraction of sp³-hybridized carbons (Fsp3) is 0.250. The summed E-state index contributed by atoms with van der Waals surface area (Å²) in [6.07, 6.45) is 0.0488. The molecule has 1 heterocycles. The minimum atomic E-state index is -3.99. The first-order valence-electron chi connectivity index (χ1n) is 5.97. The Hall–Kier alpha value is -1.84. The molecule has 1 aromatic carbocycles. The first kappa shape index (κ1) is 15.5. The maximum atomic E-state index is 12.1. The molecular formula is C12H13N3O4S2. The number of benzene rings is 1. The van der Waals surface area contributed by atoms with E-state index in [4.69, 9.17) is 0 Å². The number of nitrogens with one attached hydrogen (secondary N) is 1. The fourth-order valence-electron chi connectivity index (χ4n) is 1.65. The van der Waals surface area contributed by atoms with Crippen LogP contribution in [0.3, 0.4) is 0 Å². The number of carboxylic acid groups (broad SMARTS) is 1. The highest BCUT2D eigenvalue weighted by Crippen LogP contribution is 2.15. The molecule has 0 aliphatic rings. The Balaban J connectivity index is 2.18. The second kappa shape index (κ2) is 6.29. The third-order valence-electron chi connectivity index (χ3n) is 2.62. The van der Waals surface area contributed by atoms with Crippen LogP contribution in [0.1, 0.15) is 10.6 Å². The summed E-state index contributed by atoms with van der Waals surface area (Å²) >= 11 is 0.889. The number of rotatable bonds is 6. The van der Waals surface area contributed by atoms with Gasteiger partial charge < -0.3 is 5.11 Å². The largest absolute Gasteiger partial charge is 0.480 e. The highest BCUT2D eigenvalue weighted by atomic mass is 32.2. The van der Waals surface area contributed by atoms with Crippen molar-refractivity contribution in [3.05, 3.63) is 40.9 Å². The second-order valence-corrected chi connectivity index (χ2v) is 7.36. The predicted octanol–water partition coefficient (Wildman–Crippen LogP) is 0.821. The Morgan fingerprint density at radius 3 is 2.52 bits per heavy atom. The Morgan fingerprint density at radius 2 is 2.00 bits per heavy atom. The van der Waals surface area contributed by atoms with E-state index in [1.54, 1.807) is 37.3 Å². The summed E-state index contributed by atoms with van der Waals surface area (Å²) in [5, 5.41) is 16.8. The van der Waals surface area contributed by atoms with Gasteiger partial charge in [0.15, 0.2) is 0 Å². The normalized spacial score (nSPS) is 13.0. The van der Waals surface area contributed by atoms with E-state index in [2.05, 4.69) is 14.9 Å². The van der Waals surface area contributed by atoms with Gasteiger partial charge in [0.1, 0.15) is 11.0 Å². The van der Waals surface area contributed by atoms with Crippen molar-refractivity contribution in [2.45, 2.75) is 23.7 Å². The molecule has 2 aromatic rings. The summed E-state index contributed by atoms with van der Waals surface area (Å²) in [7, 11) is -3.99. The Kier molecular flexibility index (Phi) is 4.66. The van der Waals surface area contributed by atoms with Crippen LogP contribution in [-0.2, 0) is 21.2 Å². The molecule has 0 saturated heterocycles. The molecule has 112 valence electrons. The quantitative estimate of drug-likeness (QED) is 0.813. The molecule has 0 saturated carbocycles. The third kappa shape index (κ3) is 4.06. The van der Waals surface area contributed by atoms with Gasteiger partial charge in [0.05, 0.1) is 0 Å². The summed E-state index contributed by atoms with van der Waals surface area (Å²) < 4.78 is 26.1. The van der Waals surface area contributed by atoms with Gasteiger partial charge in [-0.1, -0.05) is 41.7 Å². The molecule has 7 nitrogen and oxygen atoms in total. The summed E-state index contributed by atoms with van der Waals surface area (Å²) in [4.78, 5) is 11.3. The minimum Gasteiger partial charge on any atom is -0.480 e. The van der Waals surface area contributed by atoms with E-state index in [9.17, 15) is 18.3 Å². The van der Waals surface area contributed by atoms with Crippen LogP contribution in [0.15, 0.2) is 34.7 Å². The molecule has 21 heavy (non-hydrogen) atoms. The van der Waals surface area contributed by atoms with E-state index in [1.165, 1.54) is 0 Å². The van der Waals surface area contributed by atoms with Crippen molar-refractivity contribution in [2.24, 2.45) is 0 Å². The molecule has 0 aliphatic carbocycles. The van der Waals surface area contributed by atoms with Crippen LogP contribution in [0.5, 0.6) is 0 Å². The van der Waals surface area contributed by atoms with Gasteiger partial charge in [-0.15, -0.1) is 10.2 Å². The van der Waals surface area contributed by atoms with Gasteiger partial charge >= 0.3 is 5.97 Å². The lowest BCUT2D eigenvalue weighted by atomic mass is 10.1. The lowest BCUT2D eigenvalue weighted by Crippen LogP contribution is -2.42. The van der Waals surface area contributed by atoms with Crippen LogP contribution in [-0.4, -0.2) is 35.7 Å². The van der Waals surface area contributed by atoms with Gasteiger partial charge in [0.25, 0.3) is 10.0 Å². The van der Waals surface area contributed by atoms with Gasteiger partial charge in [0.2, 0.25) is 4.34 Å². The Bertz CT molecular complexity index is 728. The highest BCUT2D eigenvalue weighted by molar-refractivity contribution is 7.91. The molecule has 0 spiro atoms.